The van der Waals surface area contributed by atoms with Gasteiger partial charge in [0, 0.05) is 45.0 Å². The average molecular weight is 451 g/mol. The quantitative estimate of drug-likeness (QED) is 0.624. The highest BCUT2D eigenvalue weighted by atomic mass is 19.1. The van der Waals surface area contributed by atoms with Gasteiger partial charge in [-0.3, -0.25) is 9.69 Å². The fourth-order valence-corrected chi connectivity index (χ4v) is 5.02. The molecule has 0 saturated heterocycles. The van der Waals surface area contributed by atoms with Crippen LogP contribution in [-0.4, -0.2) is 56.3 Å². The summed E-state index contributed by atoms with van der Waals surface area (Å²) >= 11 is 0. The van der Waals surface area contributed by atoms with Gasteiger partial charge in [0.15, 0.2) is 5.82 Å². The summed E-state index contributed by atoms with van der Waals surface area (Å²) in [6, 6.07) is 13.5. The second kappa shape index (κ2) is 8.96. The Bertz CT molecular complexity index is 1150. The lowest BCUT2D eigenvalue weighted by Crippen LogP contribution is -2.54. The van der Waals surface area contributed by atoms with Crippen LogP contribution >= 0.6 is 0 Å². The second-order valence-corrected chi connectivity index (χ2v) is 8.76. The van der Waals surface area contributed by atoms with Crippen LogP contribution in [0.3, 0.4) is 0 Å². The highest BCUT2D eigenvalue weighted by Gasteiger charge is 2.48. The van der Waals surface area contributed by atoms with Gasteiger partial charge in [0.25, 0.3) is 5.91 Å². The molecule has 2 aromatic carbocycles. The maximum absolute atomic E-state index is 13.7. The lowest BCUT2D eigenvalue weighted by Gasteiger charge is -2.38. The third-order valence-corrected chi connectivity index (χ3v) is 6.64. The van der Waals surface area contributed by atoms with Crippen molar-refractivity contribution in [3.63, 3.8) is 0 Å². The minimum atomic E-state index is -0.856. The van der Waals surface area contributed by atoms with Gasteiger partial charge in [-0.1, -0.05) is 30.3 Å². The number of imidazole rings is 1. The van der Waals surface area contributed by atoms with Gasteiger partial charge in [0.05, 0.1) is 12.1 Å². The number of nitrogens with zero attached hydrogens (tertiary/aromatic N) is 3. The molecule has 8 heteroatoms. The van der Waals surface area contributed by atoms with Gasteiger partial charge < -0.3 is 19.7 Å². The highest BCUT2D eigenvalue weighted by molar-refractivity contribution is 5.91. The first-order chi connectivity index (χ1) is 16.0. The van der Waals surface area contributed by atoms with Crippen LogP contribution in [0.1, 0.15) is 28.2 Å². The molecule has 1 amide bonds. The SMILES string of the molecule is Cn1ccnc1C(=O)N[C@@H]1C[C@@H](Oc2cccc(F)c2)[C@H](O)[C@H]1N1CCc2ccccc2C1. The molecule has 0 radical (unpaired) electrons. The molecule has 172 valence electrons. The van der Waals surface area contributed by atoms with Crippen LogP contribution in [-0.2, 0) is 20.0 Å². The van der Waals surface area contributed by atoms with Crippen LogP contribution < -0.4 is 10.1 Å². The molecule has 3 aromatic rings. The summed E-state index contributed by atoms with van der Waals surface area (Å²) in [4.78, 5) is 19.3. The van der Waals surface area contributed by atoms with Crippen molar-refractivity contribution in [3.05, 3.63) is 83.7 Å². The van der Waals surface area contributed by atoms with Crippen molar-refractivity contribution in [3.8, 4) is 5.75 Å². The van der Waals surface area contributed by atoms with E-state index in [1.807, 2.05) is 12.1 Å². The molecule has 1 aromatic heterocycles. The fraction of sp³-hybridized carbons (Fsp3) is 0.360. The molecule has 5 rings (SSSR count). The van der Waals surface area contributed by atoms with Gasteiger partial charge >= 0.3 is 0 Å². The lowest BCUT2D eigenvalue weighted by molar-refractivity contribution is 0.00248. The Labute approximate surface area is 191 Å². The Kier molecular flexibility index (Phi) is 5.86. The van der Waals surface area contributed by atoms with Gasteiger partial charge in [0.1, 0.15) is 23.8 Å². The van der Waals surface area contributed by atoms with Crippen LogP contribution in [0.25, 0.3) is 0 Å². The number of carbonyl (C=O) groups is 1. The number of aliphatic hydroxyl groups is 1. The summed E-state index contributed by atoms with van der Waals surface area (Å²) in [6.45, 7) is 1.44. The highest BCUT2D eigenvalue weighted by Crippen LogP contribution is 2.32. The summed E-state index contributed by atoms with van der Waals surface area (Å²) < 4.78 is 21.3. The number of aryl methyl sites for hydroxylation is 1. The monoisotopic (exact) mass is 450 g/mol. The third kappa shape index (κ3) is 4.36. The number of amides is 1. The molecule has 1 saturated carbocycles. The molecule has 2 N–H and O–H groups in total. The number of aromatic nitrogens is 2. The Balaban J connectivity index is 1.40. The predicted molar refractivity (Wildman–Crippen MR) is 120 cm³/mol. The number of hydrogen-bond acceptors (Lipinski definition) is 5. The van der Waals surface area contributed by atoms with E-state index in [0.717, 1.165) is 13.0 Å². The minimum absolute atomic E-state index is 0.298. The molecule has 33 heavy (non-hydrogen) atoms. The minimum Gasteiger partial charge on any atom is -0.487 e. The number of benzene rings is 2. The van der Waals surface area contributed by atoms with Gasteiger partial charge in [-0.2, -0.15) is 0 Å². The number of nitrogens with one attached hydrogen (secondary N) is 1. The molecule has 4 atom stereocenters. The van der Waals surface area contributed by atoms with Crippen LogP contribution in [0.4, 0.5) is 4.39 Å². The first-order valence-electron chi connectivity index (χ1n) is 11.2. The van der Waals surface area contributed by atoms with E-state index in [2.05, 4.69) is 27.3 Å². The average Bonchev–Trinajstić information content (AvgIpc) is 3.36. The molecule has 2 heterocycles. The van der Waals surface area contributed by atoms with E-state index >= 15 is 0 Å². The van der Waals surface area contributed by atoms with Crippen LogP contribution in [0.15, 0.2) is 60.9 Å². The Hall–Kier alpha value is -3.23. The van der Waals surface area contributed by atoms with E-state index in [9.17, 15) is 14.3 Å². The number of halogens is 1. The second-order valence-electron chi connectivity index (χ2n) is 8.76. The van der Waals surface area contributed by atoms with E-state index in [1.165, 1.54) is 23.3 Å². The third-order valence-electron chi connectivity index (χ3n) is 6.64. The van der Waals surface area contributed by atoms with Gasteiger partial charge in [-0.25, -0.2) is 9.37 Å². The number of fused-ring (bicyclic) bond motifs is 1. The van der Waals surface area contributed by atoms with Crippen LogP contribution in [0, 0.1) is 5.82 Å². The molecule has 7 nitrogen and oxygen atoms in total. The number of aliphatic hydroxyl groups excluding tert-OH is 1. The van der Waals surface area contributed by atoms with Gasteiger partial charge in [0.2, 0.25) is 0 Å². The number of carbonyl (C=O) groups excluding carboxylic acids is 1. The van der Waals surface area contributed by atoms with Crippen molar-refractivity contribution in [2.45, 2.75) is 43.7 Å². The number of rotatable bonds is 5. The van der Waals surface area contributed by atoms with Crippen molar-refractivity contribution in [1.82, 2.24) is 19.8 Å². The van der Waals surface area contributed by atoms with Crippen molar-refractivity contribution in [2.75, 3.05) is 6.54 Å². The van der Waals surface area contributed by atoms with E-state index < -0.39 is 18.0 Å². The molecule has 1 aliphatic carbocycles. The van der Waals surface area contributed by atoms with Crippen LogP contribution in [0.2, 0.25) is 0 Å². The summed E-state index contributed by atoms with van der Waals surface area (Å²) in [5, 5.41) is 14.4. The first kappa shape index (κ1) is 21.6. The smallest absolute Gasteiger partial charge is 0.287 e. The topological polar surface area (TPSA) is 79.6 Å². The number of ether oxygens (including phenoxy) is 1. The molecule has 2 aliphatic rings. The fourth-order valence-electron chi connectivity index (χ4n) is 5.02. The maximum atomic E-state index is 13.7. The van der Waals surface area contributed by atoms with E-state index in [0.29, 0.717) is 24.5 Å². The van der Waals surface area contributed by atoms with Crippen molar-refractivity contribution >= 4 is 5.91 Å². The molecular weight excluding hydrogens is 423 g/mol. The zero-order valence-corrected chi connectivity index (χ0v) is 18.4. The van der Waals surface area contributed by atoms with E-state index in [4.69, 9.17) is 4.74 Å². The van der Waals surface area contributed by atoms with Crippen molar-refractivity contribution < 1.29 is 19.0 Å². The molecule has 0 unspecified atom stereocenters. The molecular formula is C25H27FN4O3. The van der Waals surface area contributed by atoms with Crippen molar-refractivity contribution in [1.29, 1.82) is 0 Å². The molecule has 1 aliphatic heterocycles. The summed E-state index contributed by atoms with van der Waals surface area (Å²) in [6.07, 6.45) is 3.12. The lowest BCUT2D eigenvalue weighted by atomic mass is 9.97. The first-order valence-corrected chi connectivity index (χ1v) is 11.2. The normalized spacial score (nSPS) is 24.9. The number of hydrogen-bond donors (Lipinski definition) is 2. The molecule has 0 bridgehead atoms. The maximum Gasteiger partial charge on any atom is 0.287 e. The summed E-state index contributed by atoms with van der Waals surface area (Å²) in [5.74, 6) is -0.0306. The van der Waals surface area contributed by atoms with Crippen molar-refractivity contribution in [2.24, 2.45) is 7.05 Å². The van der Waals surface area contributed by atoms with Crippen LogP contribution in [0.5, 0.6) is 5.75 Å². The predicted octanol–water partition coefficient (Wildman–Crippen LogP) is 2.30. The largest absolute Gasteiger partial charge is 0.487 e. The Morgan fingerprint density at radius 3 is 2.79 bits per heavy atom. The van der Waals surface area contributed by atoms with E-state index in [1.54, 1.807) is 36.1 Å². The van der Waals surface area contributed by atoms with Gasteiger partial charge in [-0.15, -0.1) is 0 Å². The Morgan fingerprint density at radius 2 is 2.03 bits per heavy atom. The standard InChI is InChI=1S/C25H27FN4O3/c1-29-12-10-27-24(29)25(32)28-20-14-21(33-19-8-4-7-18(26)13-19)23(31)22(20)30-11-9-16-5-2-3-6-17(16)15-30/h2-8,10,12-13,20-23,31H,9,11,14-15H2,1H3,(H,28,32)/t20-,21-,22+,23+/m1/s1. The van der Waals surface area contributed by atoms with E-state index in [-0.39, 0.29) is 18.0 Å². The summed E-state index contributed by atoms with van der Waals surface area (Å²) in [7, 11) is 1.76. The molecule has 1 fully saturated rings. The zero-order chi connectivity index (χ0) is 22.9. The molecule has 0 spiro atoms. The Morgan fingerprint density at radius 1 is 1.21 bits per heavy atom. The summed E-state index contributed by atoms with van der Waals surface area (Å²) in [5.41, 5.74) is 2.53. The van der Waals surface area contributed by atoms with Gasteiger partial charge in [-0.05, 0) is 29.7 Å². The zero-order valence-electron chi connectivity index (χ0n) is 18.4.